The molecule has 0 aliphatic heterocycles. The molecule has 6 nitrogen and oxygen atoms in total. The lowest BCUT2D eigenvalue weighted by Crippen LogP contribution is -2.07. The summed E-state index contributed by atoms with van der Waals surface area (Å²) in [6, 6.07) is 13.2. The van der Waals surface area contributed by atoms with Crippen LogP contribution in [-0.4, -0.2) is 23.4 Å². The van der Waals surface area contributed by atoms with Gasteiger partial charge < -0.3 is 9.47 Å². The Morgan fingerprint density at radius 2 is 1.87 bits per heavy atom. The number of benzene rings is 2. The van der Waals surface area contributed by atoms with Gasteiger partial charge in [-0.2, -0.15) is 0 Å². The van der Waals surface area contributed by atoms with Gasteiger partial charge in [-0.25, -0.2) is 4.79 Å². The molecule has 2 aromatic carbocycles. The molecule has 0 radical (unpaired) electrons. The topological polar surface area (TPSA) is 78.7 Å². The molecule has 23 heavy (non-hydrogen) atoms. The van der Waals surface area contributed by atoms with Gasteiger partial charge >= 0.3 is 5.97 Å². The normalized spacial score (nSPS) is 10.1. The van der Waals surface area contributed by atoms with Crippen LogP contribution in [0, 0.1) is 10.1 Å². The van der Waals surface area contributed by atoms with E-state index >= 15 is 0 Å². The summed E-state index contributed by atoms with van der Waals surface area (Å²) < 4.78 is 10.6. The Labute approximate surface area is 137 Å². The van der Waals surface area contributed by atoms with Crippen LogP contribution < -0.4 is 4.74 Å². The summed E-state index contributed by atoms with van der Waals surface area (Å²) in [6.07, 6.45) is 0. The number of nitro benzene ring substituents is 1. The molecule has 0 spiro atoms. The highest BCUT2D eigenvalue weighted by molar-refractivity contribution is 7.99. The zero-order chi connectivity index (χ0) is 16.7. The standard InChI is InChI=1S/C16H15NO5S/c1-2-21-16(18)12-7-3-5-9-14(12)22-11-23-15-10-6-4-8-13(15)17(19)20/h3-10H,2,11H2,1H3. The average molecular weight is 333 g/mol. The second-order valence-corrected chi connectivity index (χ2v) is 5.31. The summed E-state index contributed by atoms with van der Waals surface area (Å²) in [5.41, 5.74) is 0.359. The second-order valence-electron chi connectivity index (χ2n) is 4.35. The summed E-state index contributed by atoms with van der Waals surface area (Å²) in [7, 11) is 0. The van der Waals surface area contributed by atoms with Crippen LogP contribution in [0.4, 0.5) is 5.69 Å². The first-order valence-electron chi connectivity index (χ1n) is 6.88. The van der Waals surface area contributed by atoms with Crippen LogP contribution in [0.5, 0.6) is 5.75 Å². The molecule has 0 aromatic heterocycles. The third-order valence-electron chi connectivity index (χ3n) is 2.87. The number of hydrogen-bond donors (Lipinski definition) is 0. The van der Waals surface area contributed by atoms with Crippen LogP contribution in [0.2, 0.25) is 0 Å². The molecular formula is C16H15NO5S. The Kier molecular flexibility index (Phi) is 5.99. The molecule has 0 aliphatic carbocycles. The van der Waals surface area contributed by atoms with Crippen LogP contribution >= 0.6 is 11.8 Å². The Morgan fingerprint density at radius 3 is 2.61 bits per heavy atom. The molecule has 0 aliphatic rings. The van der Waals surface area contributed by atoms with Crippen LogP contribution in [0.3, 0.4) is 0 Å². The van der Waals surface area contributed by atoms with Crippen molar-refractivity contribution in [3.05, 3.63) is 64.2 Å². The van der Waals surface area contributed by atoms with Gasteiger partial charge in [-0.3, -0.25) is 10.1 Å². The lowest BCUT2D eigenvalue weighted by molar-refractivity contribution is -0.387. The Hall–Kier alpha value is -2.54. The van der Waals surface area contributed by atoms with E-state index in [-0.39, 0.29) is 18.2 Å². The Balaban J connectivity index is 2.05. The van der Waals surface area contributed by atoms with Gasteiger partial charge in [0.1, 0.15) is 17.3 Å². The molecular weight excluding hydrogens is 318 g/mol. The first kappa shape index (κ1) is 16.8. The van der Waals surface area contributed by atoms with Crippen molar-refractivity contribution in [3.63, 3.8) is 0 Å². The van der Waals surface area contributed by atoms with E-state index in [4.69, 9.17) is 9.47 Å². The van der Waals surface area contributed by atoms with Gasteiger partial charge in [-0.05, 0) is 25.1 Å². The second kappa shape index (κ2) is 8.19. The number of nitrogens with zero attached hydrogens (tertiary/aromatic N) is 1. The van der Waals surface area contributed by atoms with E-state index in [0.717, 1.165) is 0 Å². The molecule has 120 valence electrons. The number of thioether (sulfide) groups is 1. The number of esters is 1. The van der Waals surface area contributed by atoms with E-state index in [1.165, 1.54) is 17.8 Å². The molecule has 0 bridgehead atoms. The monoisotopic (exact) mass is 333 g/mol. The highest BCUT2D eigenvalue weighted by Gasteiger charge is 2.15. The van der Waals surface area contributed by atoms with Crippen molar-refractivity contribution in [2.45, 2.75) is 11.8 Å². The average Bonchev–Trinajstić information content (AvgIpc) is 2.56. The number of para-hydroxylation sites is 2. The summed E-state index contributed by atoms with van der Waals surface area (Å²) >= 11 is 1.19. The molecule has 0 unspecified atom stereocenters. The fourth-order valence-corrected chi connectivity index (χ4v) is 2.63. The number of ether oxygens (including phenoxy) is 2. The highest BCUT2D eigenvalue weighted by Crippen LogP contribution is 2.29. The maximum absolute atomic E-state index is 11.8. The molecule has 2 aromatic rings. The fraction of sp³-hybridized carbons (Fsp3) is 0.188. The van der Waals surface area contributed by atoms with Crippen molar-refractivity contribution < 1.29 is 19.2 Å². The van der Waals surface area contributed by atoms with E-state index < -0.39 is 10.9 Å². The van der Waals surface area contributed by atoms with E-state index in [9.17, 15) is 14.9 Å². The lowest BCUT2D eigenvalue weighted by Gasteiger charge is -2.10. The van der Waals surface area contributed by atoms with Crippen molar-refractivity contribution in [2.24, 2.45) is 0 Å². The van der Waals surface area contributed by atoms with Gasteiger partial charge in [0.15, 0.2) is 0 Å². The van der Waals surface area contributed by atoms with Gasteiger partial charge in [0.05, 0.1) is 16.4 Å². The molecule has 0 saturated carbocycles. The minimum Gasteiger partial charge on any atom is -0.482 e. The summed E-state index contributed by atoms with van der Waals surface area (Å²) in [5, 5.41) is 11.0. The largest absolute Gasteiger partial charge is 0.482 e. The maximum Gasteiger partial charge on any atom is 0.341 e. The van der Waals surface area contributed by atoms with Crippen molar-refractivity contribution in [2.75, 3.05) is 12.5 Å². The first-order chi connectivity index (χ1) is 11.1. The molecule has 0 fully saturated rings. The minimum absolute atomic E-state index is 0.0276. The Bertz CT molecular complexity index is 704. The molecule has 7 heteroatoms. The number of nitro groups is 1. The lowest BCUT2D eigenvalue weighted by atomic mass is 10.2. The summed E-state index contributed by atoms with van der Waals surface area (Å²) in [6.45, 7) is 2.00. The van der Waals surface area contributed by atoms with Gasteiger partial charge in [-0.15, -0.1) is 0 Å². The third kappa shape index (κ3) is 4.46. The van der Waals surface area contributed by atoms with Crippen molar-refractivity contribution in [3.8, 4) is 5.75 Å². The highest BCUT2D eigenvalue weighted by atomic mass is 32.2. The number of rotatable bonds is 7. The van der Waals surface area contributed by atoms with Crippen LogP contribution in [-0.2, 0) is 4.74 Å². The summed E-state index contributed by atoms with van der Waals surface area (Å²) in [5.74, 6) is 0.0668. The maximum atomic E-state index is 11.8. The van der Waals surface area contributed by atoms with Gasteiger partial charge in [0.2, 0.25) is 0 Å². The minimum atomic E-state index is -0.459. The molecule has 0 saturated heterocycles. The fourth-order valence-electron chi connectivity index (χ4n) is 1.86. The molecule has 2 rings (SSSR count). The number of carbonyl (C=O) groups is 1. The smallest absolute Gasteiger partial charge is 0.341 e. The predicted octanol–water partition coefficient (Wildman–Crippen LogP) is 3.90. The van der Waals surface area contributed by atoms with Crippen molar-refractivity contribution >= 4 is 23.4 Å². The quantitative estimate of drug-likeness (QED) is 0.251. The van der Waals surface area contributed by atoms with E-state index in [0.29, 0.717) is 16.2 Å². The number of hydrogen-bond acceptors (Lipinski definition) is 6. The Morgan fingerprint density at radius 1 is 1.17 bits per heavy atom. The predicted molar refractivity (Wildman–Crippen MR) is 86.8 cm³/mol. The summed E-state index contributed by atoms with van der Waals surface area (Å²) in [4.78, 5) is 22.9. The van der Waals surface area contributed by atoms with Crippen molar-refractivity contribution in [1.82, 2.24) is 0 Å². The van der Waals surface area contributed by atoms with E-state index in [1.807, 2.05) is 0 Å². The number of carbonyl (C=O) groups excluding carboxylic acids is 1. The van der Waals surface area contributed by atoms with E-state index in [1.54, 1.807) is 49.4 Å². The van der Waals surface area contributed by atoms with Crippen LogP contribution in [0.1, 0.15) is 17.3 Å². The molecule has 0 heterocycles. The molecule has 0 atom stereocenters. The molecule has 0 amide bonds. The van der Waals surface area contributed by atoms with Crippen molar-refractivity contribution in [1.29, 1.82) is 0 Å². The first-order valence-corrected chi connectivity index (χ1v) is 7.87. The van der Waals surface area contributed by atoms with E-state index in [2.05, 4.69) is 0 Å². The zero-order valence-electron chi connectivity index (χ0n) is 12.4. The SMILES string of the molecule is CCOC(=O)c1ccccc1OCSc1ccccc1[N+](=O)[O-]. The van der Waals surface area contributed by atoms with Gasteiger partial charge in [-0.1, -0.05) is 36.0 Å². The molecule has 0 N–H and O–H groups in total. The van der Waals surface area contributed by atoms with Crippen LogP contribution in [0.15, 0.2) is 53.4 Å². The zero-order valence-corrected chi connectivity index (χ0v) is 13.2. The van der Waals surface area contributed by atoms with Crippen LogP contribution in [0.25, 0.3) is 0 Å². The van der Waals surface area contributed by atoms with Gasteiger partial charge in [0, 0.05) is 6.07 Å². The van der Waals surface area contributed by atoms with Gasteiger partial charge in [0.25, 0.3) is 5.69 Å². The third-order valence-corrected chi connectivity index (χ3v) is 3.77.